The number of hydrogen-bond donors (Lipinski definition) is 1. The molecule has 0 saturated carbocycles. The smallest absolute Gasteiger partial charge is 0.185 e. The predicted molar refractivity (Wildman–Crippen MR) is 82.2 cm³/mol. The zero-order valence-corrected chi connectivity index (χ0v) is 12.3. The lowest BCUT2D eigenvalue weighted by atomic mass is 10.1. The van der Waals surface area contributed by atoms with Gasteiger partial charge in [-0.3, -0.25) is 9.89 Å². The lowest BCUT2D eigenvalue weighted by Gasteiger charge is -2.11. The third-order valence-electron chi connectivity index (χ3n) is 3.25. The highest BCUT2D eigenvalue weighted by atomic mass is 16.1. The molecule has 0 spiro atoms. The molecule has 0 atom stereocenters. The molecule has 1 heterocycles. The first kappa shape index (κ1) is 14.1. The Hall–Kier alpha value is -2.36. The first-order chi connectivity index (χ1) is 9.49. The molecule has 0 amide bonds. The molecule has 0 aliphatic carbocycles. The van der Waals surface area contributed by atoms with Gasteiger partial charge in [-0.05, 0) is 50.3 Å². The number of aryl methyl sites for hydroxylation is 2. The number of allylic oxidation sites excluding steroid dienone is 1. The van der Waals surface area contributed by atoms with Crippen molar-refractivity contribution in [2.45, 2.75) is 13.8 Å². The SMILES string of the molecule is Cc1n[nH]c(C)c1C=CC(=O)c1ccc(N(C)C)cc1. The number of carbonyl (C=O) groups excluding carboxylic acids is 1. The van der Waals surface area contributed by atoms with Crippen molar-refractivity contribution in [3.8, 4) is 0 Å². The predicted octanol–water partition coefficient (Wildman–Crippen LogP) is 2.99. The fraction of sp³-hybridized carbons (Fsp3) is 0.250. The number of rotatable bonds is 4. The summed E-state index contributed by atoms with van der Waals surface area (Å²) >= 11 is 0. The number of nitrogens with zero attached hydrogens (tertiary/aromatic N) is 2. The average molecular weight is 269 g/mol. The number of carbonyl (C=O) groups is 1. The van der Waals surface area contributed by atoms with Gasteiger partial charge in [0.2, 0.25) is 0 Å². The van der Waals surface area contributed by atoms with E-state index in [1.165, 1.54) is 0 Å². The number of nitrogens with one attached hydrogen (secondary N) is 1. The van der Waals surface area contributed by atoms with Gasteiger partial charge in [-0.2, -0.15) is 5.10 Å². The topological polar surface area (TPSA) is 49.0 Å². The monoisotopic (exact) mass is 269 g/mol. The fourth-order valence-electron chi connectivity index (χ4n) is 1.98. The van der Waals surface area contributed by atoms with E-state index >= 15 is 0 Å². The molecule has 0 unspecified atom stereocenters. The molecule has 4 heteroatoms. The van der Waals surface area contributed by atoms with Gasteiger partial charge in [0.05, 0.1) is 5.69 Å². The largest absolute Gasteiger partial charge is 0.378 e. The van der Waals surface area contributed by atoms with E-state index in [1.54, 1.807) is 6.08 Å². The summed E-state index contributed by atoms with van der Waals surface area (Å²) in [5, 5.41) is 7.01. The number of benzene rings is 1. The summed E-state index contributed by atoms with van der Waals surface area (Å²) in [6.45, 7) is 3.86. The van der Waals surface area contributed by atoms with E-state index < -0.39 is 0 Å². The molecular weight excluding hydrogens is 250 g/mol. The quantitative estimate of drug-likeness (QED) is 0.685. The molecule has 0 fully saturated rings. The van der Waals surface area contributed by atoms with Crippen molar-refractivity contribution in [3.63, 3.8) is 0 Å². The van der Waals surface area contributed by atoms with E-state index in [0.29, 0.717) is 5.56 Å². The molecule has 4 nitrogen and oxygen atoms in total. The number of aromatic amines is 1. The van der Waals surface area contributed by atoms with Crippen molar-refractivity contribution in [1.82, 2.24) is 10.2 Å². The van der Waals surface area contributed by atoms with Crippen LogP contribution in [0.15, 0.2) is 30.3 Å². The Bertz CT molecular complexity index is 617. The Labute approximate surface area is 119 Å². The summed E-state index contributed by atoms with van der Waals surface area (Å²) in [6, 6.07) is 7.57. The summed E-state index contributed by atoms with van der Waals surface area (Å²) in [7, 11) is 3.95. The molecule has 2 rings (SSSR count). The highest BCUT2D eigenvalue weighted by molar-refractivity contribution is 6.07. The van der Waals surface area contributed by atoms with Gasteiger partial charge in [-0.1, -0.05) is 0 Å². The first-order valence-corrected chi connectivity index (χ1v) is 6.50. The van der Waals surface area contributed by atoms with Crippen molar-refractivity contribution < 1.29 is 4.79 Å². The summed E-state index contributed by atoms with van der Waals surface area (Å²) in [5.74, 6) is -0.00435. The zero-order chi connectivity index (χ0) is 14.7. The molecule has 104 valence electrons. The van der Waals surface area contributed by atoms with Crippen molar-refractivity contribution in [2.75, 3.05) is 19.0 Å². The van der Waals surface area contributed by atoms with E-state index in [2.05, 4.69) is 10.2 Å². The molecule has 0 bridgehead atoms. The van der Waals surface area contributed by atoms with Crippen LogP contribution in [0.3, 0.4) is 0 Å². The lowest BCUT2D eigenvalue weighted by molar-refractivity contribution is 0.104. The van der Waals surface area contributed by atoms with Gasteiger partial charge in [-0.15, -0.1) is 0 Å². The summed E-state index contributed by atoms with van der Waals surface area (Å²) < 4.78 is 0. The Morgan fingerprint density at radius 1 is 1.20 bits per heavy atom. The molecule has 0 aliphatic heterocycles. The minimum atomic E-state index is -0.00435. The Morgan fingerprint density at radius 2 is 1.85 bits per heavy atom. The average Bonchev–Trinajstić information content (AvgIpc) is 2.75. The zero-order valence-electron chi connectivity index (χ0n) is 12.3. The number of hydrogen-bond acceptors (Lipinski definition) is 3. The van der Waals surface area contributed by atoms with E-state index in [4.69, 9.17) is 0 Å². The number of ketones is 1. The second-order valence-corrected chi connectivity index (χ2v) is 4.99. The van der Waals surface area contributed by atoms with Crippen molar-refractivity contribution in [2.24, 2.45) is 0 Å². The maximum atomic E-state index is 12.1. The van der Waals surface area contributed by atoms with Crippen LogP contribution in [0.2, 0.25) is 0 Å². The van der Waals surface area contributed by atoms with E-state index in [-0.39, 0.29) is 5.78 Å². The van der Waals surface area contributed by atoms with Gasteiger partial charge in [0.1, 0.15) is 0 Å². The molecule has 0 saturated heterocycles. The number of anilines is 1. The molecular formula is C16H19N3O. The van der Waals surface area contributed by atoms with Crippen LogP contribution in [0.25, 0.3) is 6.08 Å². The van der Waals surface area contributed by atoms with Crippen LogP contribution in [-0.2, 0) is 0 Å². The van der Waals surface area contributed by atoms with E-state index in [1.807, 2.05) is 63.2 Å². The molecule has 20 heavy (non-hydrogen) atoms. The minimum Gasteiger partial charge on any atom is -0.378 e. The fourth-order valence-corrected chi connectivity index (χ4v) is 1.98. The van der Waals surface area contributed by atoms with Gasteiger partial charge < -0.3 is 4.90 Å². The van der Waals surface area contributed by atoms with Crippen LogP contribution in [0, 0.1) is 13.8 Å². The molecule has 1 N–H and O–H groups in total. The van der Waals surface area contributed by atoms with Crippen molar-refractivity contribution in [3.05, 3.63) is 52.9 Å². The van der Waals surface area contributed by atoms with Crippen LogP contribution in [0.5, 0.6) is 0 Å². The Morgan fingerprint density at radius 3 is 2.35 bits per heavy atom. The van der Waals surface area contributed by atoms with Crippen LogP contribution in [0.4, 0.5) is 5.69 Å². The molecule has 1 aromatic heterocycles. The molecule has 0 radical (unpaired) electrons. The summed E-state index contributed by atoms with van der Waals surface area (Å²) in [4.78, 5) is 14.1. The van der Waals surface area contributed by atoms with E-state index in [0.717, 1.165) is 22.6 Å². The Kier molecular flexibility index (Phi) is 4.03. The summed E-state index contributed by atoms with van der Waals surface area (Å²) in [5.41, 5.74) is 4.60. The van der Waals surface area contributed by atoms with Gasteiger partial charge in [0.25, 0.3) is 0 Å². The third-order valence-corrected chi connectivity index (χ3v) is 3.25. The van der Waals surface area contributed by atoms with Gasteiger partial charge >= 0.3 is 0 Å². The van der Waals surface area contributed by atoms with Crippen molar-refractivity contribution >= 4 is 17.5 Å². The van der Waals surface area contributed by atoms with Gasteiger partial charge in [0.15, 0.2) is 5.78 Å². The standard InChI is InChI=1S/C16H19N3O/c1-11-15(12(2)18-17-11)9-10-16(20)13-5-7-14(8-6-13)19(3)4/h5-10H,1-4H3,(H,17,18). The Balaban J connectivity index is 2.16. The maximum Gasteiger partial charge on any atom is 0.185 e. The van der Waals surface area contributed by atoms with Crippen LogP contribution in [-0.4, -0.2) is 30.1 Å². The normalized spacial score (nSPS) is 11.0. The molecule has 1 aromatic carbocycles. The highest BCUT2D eigenvalue weighted by Crippen LogP contribution is 2.15. The van der Waals surface area contributed by atoms with Crippen molar-refractivity contribution in [1.29, 1.82) is 0 Å². The second kappa shape index (κ2) is 5.74. The highest BCUT2D eigenvalue weighted by Gasteiger charge is 2.05. The maximum absolute atomic E-state index is 12.1. The molecule has 2 aromatic rings. The third kappa shape index (κ3) is 2.96. The van der Waals surface area contributed by atoms with Crippen LogP contribution < -0.4 is 4.90 Å². The lowest BCUT2D eigenvalue weighted by Crippen LogP contribution is -2.08. The van der Waals surface area contributed by atoms with Gasteiger partial charge in [0, 0.05) is 36.6 Å². The number of aromatic nitrogens is 2. The first-order valence-electron chi connectivity index (χ1n) is 6.50. The van der Waals surface area contributed by atoms with Crippen LogP contribution in [0.1, 0.15) is 27.3 Å². The number of H-pyrrole nitrogens is 1. The summed E-state index contributed by atoms with van der Waals surface area (Å²) in [6.07, 6.45) is 3.41. The molecule has 0 aliphatic rings. The second-order valence-electron chi connectivity index (χ2n) is 4.99. The minimum absolute atomic E-state index is 0.00435. The van der Waals surface area contributed by atoms with Gasteiger partial charge in [-0.25, -0.2) is 0 Å². The van der Waals surface area contributed by atoms with E-state index in [9.17, 15) is 4.79 Å². The van der Waals surface area contributed by atoms with Crippen LogP contribution >= 0.6 is 0 Å².